The van der Waals surface area contributed by atoms with E-state index in [9.17, 15) is 0 Å². The molecule has 0 saturated carbocycles. The first kappa shape index (κ1) is 18.2. The van der Waals surface area contributed by atoms with Gasteiger partial charge in [0.1, 0.15) is 6.54 Å². The lowest BCUT2D eigenvalue weighted by Gasteiger charge is -2.54. The molecule has 2 aliphatic rings. The summed E-state index contributed by atoms with van der Waals surface area (Å²) in [5.74, 6) is 0. The van der Waals surface area contributed by atoms with Gasteiger partial charge in [-0.3, -0.25) is 4.90 Å². The number of likely N-dealkylation sites (tertiary alicyclic amines) is 2. The fourth-order valence-corrected chi connectivity index (χ4v) is 6.25. The third-order valence-corrected chi connectivity index (χ3v) is 6.50. The molecule has 3 heteroatoms. The van der Waals surface area contributed by atoms with E-state index in [1.165, 1.54) is 48.2 Å². The molecular formula is C23H30BrN2+. The molecule has 2 saturated heterocycles. The van der Waals surface area contributed by atoms with Crippen molar-refractivity contribution >= 4 is 15.9 Å². The van der Waals surface area contributed by atoms with Crippen LogP contribution in [0, 0.1) is 10.8 Å². The van der Waals surface area contributed by atoms with E-state index in [4.69, 9.17) is 0 Å². The van der Waals surface area contributed by atoms with E-state index in [0.717, 1.165) is 13.1 Å². The normalized spacial score (nSPS) is 31.7. The van der Waals surface area contributed by atoms with Crippen LogP contribution < -0.4 is 4.90 Å². The van der Waals surface area contributed by atoms with Crippen molar-refractivity contribution in [1.29, 1.82) is 0 Å². The molecule has 0 radical (unpaired) electrons. The lowest BCUT2D eigenvalue weighted by Crippen LogP contribution is -3.15. The van der Waals surface area contributed by atoms with Crippen LogP contribution in [-0.2, 0) is 13.1 Å². The van der Waals surface area contributed by atoms with Gasteiger partial charge in [-0.1, -0.05) is 72.2 Å². The minimum atomic E-state index is 0.418. The summed E-state index contributed by atoms with van der Waals surface area (Å²) in [4.78, 5) is 4.46. The van der Waals surface area contributed by atoms with Gasteiger partial charge < -0.3 is 4.90 Å². The number of hydrogen-bond donors (Lipinski definition) is 1. The van der Waals surface area contributed by atoms with Crippen molar-refractivity contribution in [2.45, 2.75) is 33.4 Å². The Hall–Kier alpha value is -1.16. The van der Waals surface area contributed by atoms with Gasteiger partial charge in [-0.15, -0.1) is 0 Å². The number of halogens is 1. The zero-order valence-corrected chi connectivity index (χ0v) is 17.6. The first-order valence-electron chi connectivity index (χ1n) is 9.76. The molecule has 0 aromatic heterocycles. The van der Waals surface area contributed by atoms with Crippen LogP contribution in [0.2, 0.25) is 0 Å². The zero-order valence-electron chi connectivity index (χ0n) is 16.0. The molecule has 2 fully saturated rings. The molecule has 2 atom stereocenters. The first-order chi connectivity index (χ1) is 12.4. The van der Waals surface area contributed by atoms with Crippen LogP contribution >= 0.6 is 15.9 Å². The van der Waals surface area contributed by atoms with Crippen LogP contribution in [-0.4, -0.2) is 31.1 Å². The van der Waals surface area contributed by atoms with Crippen LogP contribution in [0.15, 0.2) is 59.1 Å². The lowest BCUT2D eigenvalue weighted by molar-refractivity contribution is -0.934. The second-order valence-electron chi connectivity index (χ2n) is 9.34. The van der Waals surface area contributed by atoms with Gasteiger partial charge in [0.15, 0.2) is 0 Å². The van der Waals surface area contributed by atoms with Gasteiger partial charge in [-0.05, 0) is 24.1 Å². The SMILES string of the molecule is CC12CN(Cc3cccc(Br)c3)CC(C)(C[NH+](Cc3ccccc3)C1)C2. The number of quaternary nitrogens is 1. The van der Waals surface area contributed by atoms with Crippen molar-refractivity contribution in [3.63, 3.8) is 0 Å². The van der Waals surface area contributed by atoms with E-state index in [-0.39, 0.29) is 0 Å². The quantitative estimate of drug-likeness (QED) is 0.801. The average molecular weight is 414 g/mol. The molecule has 4 rings (SSSR count). The Labute approximate surface area is 166 Å². The maximum Gasteiger partial charge on any atom is 0.103 e. The number of benzene rings is 2. The Balaban J connectivity index is 1.47. The average Bonchev–Trinajstić information content (AvgIpc) is 2.53. The van der Waals surface area contributed by atoms with E-state index in [1.54, 1.807) is 4.90 Å². The number of fused-ring (bicyclic) bond motifs is 2. The summed E-state index contributed by atoms with van der Waals surface area (Å²) in [7, 11) is 0. The van der Waals surface area contributed by atoms with Crippen molar-refractivity contribution in [3.8, 4) is 0 Å². The molecule has 138 valence electrons. The van der Waals surface area contributed by atoms with Crippen molar-refractivity contribution in [2.75, 3.05) is 26.2 Å². The second-order valence-corrected chi connectivity index (χ2v) is 10.3. The summed E-state index contributed by atoms with van der Waals surface area (Å²) in [6, 6.07) is 19.8. The molecule has 2 heterocycles. The lowest BCUT2D eigenvalue weighted by atomic mass is 9.65. The predicted octanol–water partition coefficient (Wildman–Crippen LogP) is 3.77. The molecule has 26 heavy (non-hydrogen) atoms. The van der Waals surface area contributed by atoms with Gasteiger partial charge in [0.2, 0.25) is 0 Å². The maximum absolute atomic E-state index is 3.61. The molecular weight excluding hydrogens is 384 g/mol. The Morgan fingerprint density at radius 3 is 2.23 bits per heavy atom. The molecule has 1 N–H and O–H groups in total. The van der Waals surface area contributed by atoms with Crippen molar-refractivity contribution in [2.24, 2.45) is 10.8 Å². The third-order valence-electron chi connectivity index (χ3n) is 6.01. The monoisotopic (exact) mass is 413 g/mol. The molecule has 2 unspecified atom stereocenters. The van der Waals surface area contributed by atoms with E-state index >= 15 is 0 Å². The van der Waals surface area contributed by atoms with Crippen LogP contribution in [0.3, 0.4) is 0 Å². The highest BCUT2D eigenvalue weighted by Crippen LogP contribution is 2.41. The van der Waals surface area contributed by atoms with Gasteiger partial charge in [0.25, 0.3) is 0 Å². The van der Waals surface area contributed by atoms with E-state index in [1.807, 2.05) is 0 Å². The maximum atomic E-state index is 3.61. The van der Waals surface area contributed by atoms with Crippen molar-refractivity contribution < 1.29 is 4.90 Å². The second kappa shape index (κ2) is 7.10. The van der Waals surface area contributed by atoms with E-state index in [2.05, 4.69) is 89.3 Å². The Morgan fingerprint density at radius 1 is 0.923 bits per heavy atom. The van der Waals surface area contributed by atoms with Crippen LogP contribution in [0.1, 0.15) is 31.4 Å². The van der Waals surface area contributed by atoms with E-state index in [0.29, 0.717) is 10.8 Å². The number of nitrogens with zero attached hydrogens (tertiary/aromatic N) is 1. The fourth-order valence-electron chi connectivity index (χ4n) is 5.80. The summed E-state index contributed by atoms with van der Waals surface area (Å²) < 4.78 is 1.18. The van der Waals surface area contributed by atoms with Crippen LogP contribution in [0.4, 0.5) is 0 Å². The summed E-state index contributed by atoms with van der Waals surface area (Å²) in [6.45, 7) is 12.3. The first-order valence-corrected chi connectivity index (χ1v) is 10.6. The highest BCUT2D eigenvalue weighted by Gasteiger charge is 2.50. The van der Waals surface area contributed by atoms with Gasteiger partial charge >= 0.3 is 0 Å². The largest absolute Gasteiger partial charge is 0.330 e. The van der Waals surface area contributed by atoms with Crippen molar-refractivity contribution in [1.82, 2.24) is 4.90 Å². The highest BCUT2D eigenvalue weighted by molar-refractivity contribution is 9.10. The van der Waals surface area contributed by atoms with Gasteiger partial charge in [-0.25, -0.2) is 0 Å². The number of rotatable bonds is 4. The molecule has 0 amide bonds. The van der Waals surface area contributed by atoms with Crippen LogP contribution in [0.25, 0.3) is 0 Å². The number of piperidine rings is 2. The Morgan fingerprint density at radius 2 is 1.58 bits per heavy atom. The summed E-state index contributed by atoms with van der Waals surface area (Å²) in [5, 5.41) is 0. The van der Waals surface area contributed by atoms with Gasteiger partial charge in [-0.2, -0.15) is 0 Å². The van der Waals surface area contributed by atoms with Crippen LogP contribution in [0.5, 0.6) is 0 Å². The smallest absolute Gasteiger partial charge is 0.103 e. The topological polar surface area (TPSA) is 7.68 Å². The number of nitrogens with one attached hydrogen (secondary N) is 1. The Bertz CT molecular complexity index is 742. The number of hydrogen-bond acceptors (Lipinski definition) is 1. The summed E-state index contributed by atoms with van der Waals surface area (Å²) in [6.07, 6.45) is 1.37. The summed E-state index contributed by atoms with van der Waals surface area (Å²) >= 11 is 3.61. The highest BCUT2D eigenvalue weighted by atomic mass is 79.9. The minimum Gasteiger partial charge on any atom is -0.330 e. The third kappa shape index (κ3) is 4.21. The van der Waals surface area contributed by atoms with Crippen molar-refractivity contribution in [3.05, 3.63) is 70.2 Å². The fraction of sp³-hybridized carbons (Fsp3) is 0.478. The summed E-state index contributed by atoms with van der Waals surface area (Å²) in [5.41, 5.74) is 3.73. The molecule has 2 aromatic rings. The predicted molar refractivity (Wildman–Crippen MR) is 111 cm³/mol. The molecule has 2 nitrogen and oxygen atoms in total. The van der Waals surface area contributed by atoms with Gasteiger partial charge in [0, 0.05) is 40.5 Å². The molecule has 2 aliphatic heterocycles. The molecule has 0 aliphatic carbocycles. The standard InChI is InChI=1S/C23H29BrN2/c1-22-14-23(2,16-25(15-22)12-19-7-4-3-5-8-19)18-26(17-22)13-20-9-6-10-21(24)11-20/h3-11H,12-18H2,1-2H3/p+1. The van der Waals surface area contributed by atoms with E-state index < -0.39 is 0 Å². The molecule has 2 aromatic carbocycles. The Kier molecular flexibility index (Phi) is 4.98. The minimum absolute atomic E-state index is 0.418. The molecule has 2 bridgehead atoms. The molecule has 0 spiro atoms. The van der Waals surface area contributed by atoms with Gasteiger partial charge in [0.05, 0.1) is 13.1 Å². The zero-order chi connectivity index (χ0) is 18.2.